The Morgan fingerprint density at radius 2 is 0.523 bits per heavy atom. The van der Waals surface area contributed by atoms with E-state index < -0.39 is 17.4 Å². The van der Waals surface area contributed by atoms with E-state index in [1.54, 1.807) is 22.3 Å². The van der Waals surface area contributed by atoms with Crippen molar-refractivity contribution in [1.82, 2.24) is 0 Å². The van der Waals surface area contributed by atoms with E-state index in [1.165, 1.54) is 142 Å². The van der Waals surface area contributed by atoms with Crippen molar-refractivity contribution in [2.75, 3.05) is 0 Å². The molecule has 0 heterocycles. The zero-order valence-electron chi connectivity index (χ0n) is 50.2. The van der Waals surface area contributed by atoms with E-state index in [-0.39, 0.29) is 7.25 Å². The second-order valence-corrected chi connectivity index (χ2v) is 56.9. The van der Waals surface area contributed by atoms with E-state index >= 15 is 0 Å². The van der Waals surface area contributed by atoms with Crippen molar-refractivity contribution in [2.45, 2.75) is 57.1 Å². The fourth-order valence-electron chi connectivity index (χ4n) is 16.7. The summed E-state index contributed by atoms with van der Waals surface area (Å²) in [4.78, 5) is 0. The molecule has 2 aliphatic carbocycles. The summed E-state index contributed by atoms with van der Waals surface area (Å²) < 4.78 is 6.25. The van der Waals surface area contributed by atoms with Crippen molar-refractivity contribution in [3.8, 4) is 44.5 Å². The molecule has 0 bridgehead atoms. The van der Waals surface area contributed by atoms with Gasteiger partial charge in [0.1, 0.15) is 0 Å². The Hall–Kier alpha value is -8.26. The number of benzene rings is 14. The predicted molar refractivity (Wildman–Crippen MR) is 375 cm³/mol. The average Bonchev–Trinajstić information content (AvgIpc) is 1.49. The summed E-state index contributed by atoms with van der Waals surface area (Å²) in [7, 11) is 0. The Bertz CT molecular complexity index is 4810. The quantitative estimate of drug-likeness (QED) is 0.0946. The third kappa shape index (κ3) is 8.02. The summed E-state index contributed by atoms with van der Waals surface area (Å²) in [5.41, 5.74) is 20.1. The molecular weight excluding hydrogens is 1130 g/mol. The van der Waals surface area contributed by atoms with Crippen LogP contribution in [0.4, 0.5) is 0 Å². The molecule has 4 unspecified atom stereocenters. The Balaban J connectivity index is 1.07. The minimum atomic E-state index is -4.81. The standard InChI is InChI=1S/2C41H31.2CH3.H2Si.Zr/c2*1-3-26(2)31-24-38-36(40-32-16-8-4-12-27(32)22-28-13-5-9-17-33(28)40)20-21-37(39(38)25-31)41-34-18-10-6-14-29(34)23-30-15-7-11-19-35(30)41;;;;/h2*4-26H,3H2,1-2H3;2*1H3;1H2;. The number of fused-ring (bicyclic) bond motifs is 10. The summed E-state index contributed by atoms with van der Waals surface area (Å²) in [6.07, 6.45) is 7.69. The van der Waals surface area contributed by atoms with Crippen LogP contribution in [0.2, 0.25) is 9.26 Å². The predicted octanol–water partition coefficient (Wildman–Crippen LogP) is 23.6. The monoisotopic (exact) mass is 1200 g/mol. The molecule has 2 heteroatoms. The molecule has 0 spiro atoms. The molecule has 0 aliphatic heterocycles. The SMILES string of the molecule is CCC(C)C1=Cc2c(-c3c4ccccc4cc4ccccc34)ccc(-c3c4ccccc4cc4ccccc34)c2[CH]1[Zr]([CH3])([CH3])(=[SiH2])[CH]1C(C(C)CC)=Cc2c(-c3c4ccccc4cc4ccccc34)ccc(-c3c4ccccc4cc4ccccc34)c21. The molecule has 14 aromatic carbocycles. The van der Waals surface area contributed by atoms with Gasteiger partial charge in [0.2, 0.25) is 0 Å². The molecule has 414 valence electrons. The fourth-order valence-corrected chi connectivity index (χ4v) is 36.1. The van der Waals surface area contributed by atoms with Gasteiger partial charge in [0.05, 0.1) is 0 Å². The first-order valence-electron chi connectivity index (χ1n) is 31.5. The van der Waals surface area contributed by atoms with E-state index in [9.17, 15) is 0 Å². The summed E-state index contributed by atoms with van der Waals surface area (Å²) in [5.74, 6) is 0.678. The molecule has 4 atom stereocenters. The molecule has 16 rings (SSSR count). The molecule has 0 amide bonds. The van der Waals surface area contributed by atoms with Crippen molar-refractivity contribution in [1.29, 1.82) is 0 Å². The maximum absolute atomic E-state index is 4.81. The average molecular weight is 1200 g/mol. The molecule has 14 aromatic rings. The van der Waals surface area contributed by atoms with Crippen molar-refractivity contribution in [2.24, 2.45) is 11.8 Å². The van der Waals surface area contributed by atoms with Gasteiger partial charge in [-0.05, 0) is 0 Å². The number of hydrogen-bond acceptors (Lipinski definition) is 0. The molecule has 2 aliphatic rings. The Morgan fingerprint density at radius 3 is 0.756 bits per heavy atom. The topological polar surface area (TPSA) is 0 Å². The Kier molecular flexibility index (Phi) is 12.5. The summed E-state index contributed by atoms with van der Waals surface area (Å²) in [6.45, 7) is 12.6. The molecule has 0 fully saturated rings. The molecule has 0 saturated heterocycles. The third-order valence-electron chi connectivity index (χ3n) is 20.9. The normalized spacial score (nSPS) is 15.9. The summed E-state index contributed by atoms with van der Waals surface area (Å²) in [5, 5.41) is 20.7. The van der Waals surface area contributed by atoms with Gasteiger partial charge in [0.25, 0.3) is 0 Å². The molecule has 0 nitrogen and oxygen atoms in total. The zero-order valence-corrected chi connectivity index (χ0v) is 54.1. The van der Waals surface area contributed by atoms with E-state index in [0.717, 1.165) is 12.8 Å². The van der Waals surface area contributed by atoms with Crippen molar-refractivity contribution in [3.05, 3.63) is 276 Å². The molecular formula is C84H70SiZr. The van der Waals surface area contributed by atoms with E-state index in [2.05, 4.69) is 299 Å². The van der Waals surface area contributed by atoms with Crippen molar-refractivity contribution >= 4 is 105 Å². The van der Waals surface area contributed by atoms with Gasteiger partial charge in [-0.1, -0.05) is 0 Å². The van der Waals surface area contributed by atoms with E-state index in [4.69, 9.17) is 0 Å². The fraction of sp³-hybridized carbons (Fsp3) is 0.143. The number of rotatable bonds is 10. The van der Waals surface area contributed by atoms with Gasteiger partial charge in [-0.2, -0.15) is 0 Å². The Morgan fingerprint density at radius 1 is 0.314 bits per heavy atom. The maximum atomic E-state index is 2.93. The van der Waals surface area contributed by atoms with Crippen LogP contribution in [0.25, 0.3) is 143 Å². The number of hydrogen-bond donors (Lipinski definition) is 0. The van der Waals surface area contributed by atoms with Gasteiger partial charge in [-0.3, -0.25) is 0 Å². The van der Waals surface area contributed by atoms with Gasteiger partial charge in [0, 0.05) is 0 Å². The van der Waals surface area contributed by atoms with Crippen LogP contribution in [0.1, 0.15) is 70.0 Å². The number of allylic oxidation sites excluding steroid dienone is 2. The molecule has 0 saturated carbocycles. The molecule has 86 heavy (non-hydrogen) atoms. The summed E-state index contributed by atoms with van der Waals surface area (Å²) >= 11 is -4.81. The van der Waals surface area contributed by atoms with Gasteiger partial charge >= 0.3 is 512 Å². The van der Waals surface area contributed by atoms with Gasteiger partial charge in [-0.15, -0.1) is 0 Å². The van der Waals surface area contributed by atoms with Crippen LogP contribution in [0, 0.1) is 11.8 Å². The molecule has 0 N–H and O–H groups in total. The first kappa shape index (κ1) is 53.2. The van der Waals surface area contributed by atoms with E-state index in [1.807, 2.05) is 0 Å². The minimum absolute atomic E-state index is 0.191. The van der Waals surface area contributed by atoms with Gasteiger partial charge in [-0.25, -0.2) is 0 Å². The second-order valence-electron chi connectivity index (χ2n) is 26.5. The molecule has 0 aromatic heterocycles. The summed E-state index contributed by atoms with van der Waals surface area (Å²) in [6, 6.07) is 93.4. The molecule has 0 radical (unpaired) electrons. The van der Waals surface area contributed by atoms with Crippen LogP contribution in [0.5, 0.6) is 0 Å². The van der Waals surface area contributed by atoms with Crippen molar-refractivity contribution in [3.63, 3.8) is 0 Å². The van der Waals surface area contributed by atoms with Gasteiger partial charge in [0.15, 0.2) is 0 Å². The van der Waals surface area contributed by atoms with Crippen LogP contribution in [0.3, 0.4) is 0 Å². The van der Waals surface area contributed by atoms with Crippen LogP contribution in [-0.4, -0.2) is 6.88 Å². The Labute approximate surface area is 508 Å². The first-order chi connectivity index (χ1) is 42.0. The van der Waals surface area contributed by atoms with Crippen LogP contribution < -0.4 is 0 Å². The zero-order chi connectivity index (χ0) is 58.2. The van der Waals surface area contributed by atoms with Crippen LogP contribution in [-0.2, 0) is 17.4 Å². The van der Waals surface area contributed by atoms with Gasteiger partial charge < -0.3 is 0 Å². The van der Waals surface area contributed by atoms with Crippen molar-refractivity contribution < 1.29 is 17.4 Å². The second kappa shape index (κ2) is 20.2. The first-order valence-corrected chi connectivity index (χ1v) is 45.1. The third-order valence-corrected chi connectivity index (χ3v) is 38.1. The van der Waals surface area contributed by atoms with Crippen LogP contribution >= 0.6 is 0 Å². The van der Waals surface area contributed by atoms with E-state index in [0.29, 0.717) is 11.8 Å². The van der Waals surface area contributed by atoms with Crippen LogP contribution in [0.15, 0.2) is 254 Å².